The molecule has 0 heteroatoms. The summed E-state index contributed by atoms with van der Waals surface area (Å²) < 4.78 is 0. The average Bonchev–Trinajstić information content (AvgIpc) is 2.36. The first-order chi connectivity index (χ1) is 4.62. The van der Waals surface area contributed by atoms with Gasteiger partial charge < -0.3 is 0 Å². The van der Waals surface area contributed by atoms with Gasteiger partial charge in [0.2, 0.25) is 0 Å². The first kappa shape index (κ1) is 8.83. The molecule has 0 aliphatic heterocycles. The molecule has 0 bridgehead atoms. The highest BCUT2D eigenvalue weighted by Crippen LogP contribution is 2.62. The summed E-state index contributed by atoms with van der Waals surface area (Å²) in [7, 11) is 0. The minimum atomic E-state index is 0. The molecule has 2 atom stereocenters. The lowest BCUT2D eigenvalue weighted by molar-refractivity contribution is 0.488. The summed E-state index contributed by atoms with van der Waals surface area (Å²) >= 11 is 0. The third kappa shape index (κ3) is 1.13. The molecule has 4 radical (unpaired) electrons. The number of hydrogen-bond donors (Lipinski definition) is 0. The second kappa shape index (κ2) is 2.36. The molecule has 0 amide bonds. The Balaban J connectivity index is 0.000000605. The van der Waals surface area contributed by atoms with Gasteiger partial charge in [-0.1, -0.05) is 32.4 Å². The highest BCUT2D eigenvalue weighted by molar-refractivity contribution is 5.37. The van der Waals surface area contributed by atoms with Crippen LogP contribution in [0.4, 0.5) is 0 Å². The molecule has 1 fully saturated rings. The molecule has 0 N–H and O–H groups in total. The van der Waals surface area contributed by atoms with E-state index in [0.717, 1.165) is 11.8 Å². The Morgan fingerprint density at radius 2 is 2.00 bits per heavy atom. The number of allylic oxidation sites excluding steroid dienone is 2. The van der Waals surface area contributed by atoms with E-state index in [1.807, 2.05) is 0 Å². The van der Waals surface area contributed by atoms with Gasteiger partial charge in [-0.15, -0.1) is 0 Å². The van der Waals surface area contributed by atoms with E-state index in [4.69, 9.17) is 0 Å². The Morgan fingerprint density at radius 1 is 1.36 bits per heavy atom. The van der Waals surface area contributed by atoms with Crippen LogP contribution in [0, 0.1) is 24.7 Å². The standard InChI is InChI=1S/C10H16.C/c1-7-4-5-8-9(6-7)10(8,2)3;/h6-8H,4-5H2,1-3H3;. The normalized spacial score (nSPS) is 38.3. The Hall–Kier alpha value is -0.260. The zero-order chi connectivity index (χ0) is 7.35. The molecule has 0 aromatic carbocycles. The molecule has 0 heterocycles. The fourth-order valence-electron chi connectivity index (χ4n) is 2.34. The van der Waals surface area contributed by atoms with Crippen molar-refractivity contribution >= 4 is 0 Å². The molecular formula is C11H16. The van der Waals surface area contributed by atoms with Crippen LogP contribution in [-0.2, 0) is 0 Å². The van der Waals surface area contributed by atoms with Crippen LogP contribution in [0.15, 0.2) is 11.6 Å². The van der Waals surface area contributed by atoms with Crippen molar-refractivity contribution in [3.8, 4) is 0 Å². The summed E-state index contributed by atoms with van der Waals surface area (Å²) in [5, 5.41) is 0. The van der Waals surface area contributed by atoms with Gasteiger partial charge in [-0.2, -0.15) is 0 Å². The van der Waals surface area contributed by atoms with Gasteiger partial charge in [0.15, 0.2) is 0 Å². The quantitative estimate of drug-likeness (QED) is 0.463. The van der Waals surface area contributed by atoms with Crippen molar-refractivity contribution in [2.75, 3.05) is 0 Å². The summed E-state index contributed by atoms with van der Waals surface area (Å²) in [6, 6.07) is 0. The van der Waals surface area contributed by atoms with Crippen LogP contribution in [0.1, 0.15) is 33.6 Å². The third-order valence-corrected chi connectivity index (χ3v) is 3.28. The highest BCUT2D eigenvalue weighted by Gasteiger charge is 2.52. The Kier molecular flexibility index (Phi) is 1.90. The van der Waals surface area contributed by atoms with E-state index >= 15 is 0 Å². The van der Waals surface area contributed by atoms with E-state index in [9.17, 15) is 0 Å². The average molecular weight is 148 g/mol. The highest BCUT2D eigenvalue weighted by atomic mass is 14.6. The molecule has 0 nitrogen and oxygen atoms in total. The maximum absolute atomic E-state index is 2.49. The molecule has 2 rings (SSSR count). The molecule has 11 heavy (non-hydrogen) atoms. The predicted molar refractivity (Wildman–Crippen MR) is 47.0 cm³/mol. The lowest BCUT2D eigenvalue weighted by Gasteiger charge is -2.08. The third-order valence-electron chi connectivity index (χ3n) is 3.28. The summed E-state index contributed by atoms with van der Waals surface area (Å²) in [5.74, 6) is 1.82. The molecule has 2 unspecified atom stereocenters. The summed E-state index contributed by atoms with van der Waals surface area (Å²) in [4.78, 5) is 0. The zero-order valence-corrected chi connectivity index (χ0v) is 7.65. The van der Waals surface area contributed by atoms with Crippen LogP contribution in [0.3, 0.4) is 0 Å². The minimum absolute atomic E-state index is 0. The van der Waals surface area contributed by atoms with Gasteiger partial charge in [-0.25, -0.2) is 0 Å². The van der Waals surface area contributed by atoms with Crippen molar-refractivity contribution < 1.29 is 0 Å². The van der Waals surface area contributed by atoms with Crippen molar-refractivity contribution in [2.45, 2.75) is 33.6 Å². The van der Waals surface area contributed by atoms with Crippen molar-refractivity contribution in [1.29, 1.82) is 0 Å². The number of hydrogen-bond acceptors (Lipinski definition) is 0. The van der Waals surface area contributed by atoms with Gasteiger partial charge in [-0.05, 0) is 30.1 Å². The van der Waals surface area contributed by atoms with E-state index in [1.54, 1.807) is 5.57 Å². The Morgan fingerprint density at radius 3 is 2.45 bits per heavy atom. The molecule has 0 aromatic heterocycles. The molecule has 2 aliphatic rings. The van der Waals surface area contributed by atoms with Gasteiger partial charge in [0, 0.05) is 7.43 Å². The maximum atomic E-state index is 2.49. The second-order valence-electron chi connectivity index (χ2n) is 4.45. The summed E-state index contributed by atoms with van der Waals surface area (Å²) in [5.41, 5.74) is 2.33. The van der Waals surface area contributed by atoms with Crippen LogP contribution in [0.5, 0.6) is 0 Å². The molecule has 0 saturated heterocycles. The first-order valence-electron chi connectivity index (χ1n) is 4.34. The van der Waals surface area contributed by atoms with Crippen molar-refractivity contribution in [1.82, 2.24) is 0 Å². The number of fused-ring (bicyclic) bond motifs is 1. The maximum Gasteiger partial charge on any atom is 0 e. The van der Waals surface area contributed by atoms with Crippen LogP contribution < -0.4 is 0 Å². The molecule has 2 aliphatic carbocycles. The second-order valence-corrected chi connectivity index (χ2v) is 4.45. The van der Waals surface area contributed by atoms with Crippen molar-refractivity contribution in [2.24, 2.45) is 17.3 Å². The first-order valence-corrected chi connectivity index (χ1v) is 4.34. The Bertz CT molecular complexity index is 186. The molecule has 1 saturated carbocycles. The van der Waals surface area contributed by atoms with Gasteiger partial charge in [0.25, 0.3) is 0 Å². The largest absolute Gasteiger partial charge is 0.0816 e. The monoisotopic (exact) mass is 148 g/mol. The van der Waals surface area contributed by atoms with Crippen molar-refractivity contribution in [3.05, 3.63) is 19.1 Å². The lowest BCUT2D eigenvalue weighted by atomic mass is 9.98. The van der Waals surface area contributed by atoms with Crippen LogP contribution in [0.25, 0.3) is 0 Å². The van der Waals surface area contributed by atoms with Crippen molar-refractivity contribution in [3.63, 3.8) is 0 Å². The van der Waals surface area contributed by atoms with Crippen LogP contribution in [-0.4, -0.2) is 0 Å². The van der Waals surface area contributed by atoms with Gasteiger partial charge in [-0.3, -0.25) is 0 Å². The van der Waals surface area contributed by atoms with E-state index in [1.165, 1.54) is 12.8 Å². The molecule has 60 valence electrons. The molecular weight excluding hydrogens is 132 g/mol. The van der Waals surface area contributed by atoms with Gasteiger partial charge >= 0.3 is 0 Å². The topological polar surface area (TPSA) is 0 Å². The minimum Gasteiger partial charge on any atom is -0.0816 e. The fourth-order valence-corrected chi connectivity index (χ4v) is 2.34. The number of rotatable bonds is 0. The van der Waals surface area contributed by atoms with E-state index in [2.05, 4.69) is 26.8 Å². The SMILES string of the molecule is CC1C=C2C(CC1)C2(C)C.[C]. The summed E-state index contributed by atoms with van der Waals surface area (Å²) in [6.45, 7) is 7.08. The van der Waals surface area contributed by atoms with E-state index < -0.39 is 0 Å². The summed E-state index contributed by atoms with van der Waals surface area (Å²) in [6.07, 6.45) is 5.35. The predicted octanol–water partition coefficient (Wildman–Crippen LogP) is 3.08. The Labute approximate surface area is 70.7 Å². The van der Waals surface area contributed by atoms with Crippen LogP contribution in [0.2, 0.25) is 0 Å². The lowest BCUT2D eigenvalue weighted by Crippen LogP contribution is -1.95. The molecule has 0 aromatic rings. The van der Waals surface area contributed by atoms with E-state index in [-0.39, 0.29) is 7.43 Å². The zero-order valence-electron chi connectivity index (χ0n) is 7.65. The van der Waals surface area contributed by atoms with Crippen LogP contribution >= 0.6 is 0 Å². The fraction of sp³-hybridized carbons (Fsp3) is 0.727. The van der Waals surface area contributed by atoms with Gasteiger partial charge in [0.05, 0.1) is 0 Å². The smallest absolute Gasteiger partial charge is 0 e. The molecule has 0 spiro atoms. The van der Waals surface area contributed by atoms with Gasteiger partial charge in [0.1, 0.15) is 0 Å². The van der Waals surface area contributed by atoms with E-state index in [0.29, 0.717) is 5.41 Å².